The summed E-state index contributed by atoms with van der Waals surface area (Å²) in [5.41, 5.74) is 2.61. The molecule has 0 aliphatic rings. The van der Waals surface area contributed by atoms with Crippen LogP contribution in [0.1, 0.15) is 12.0 Å². The largest absolute Gasteiger partial charge is 0.484 e. The average Bonchev–Trinajstić information content (AvgIpc) is 2.85. The molecule has 0 spiro atoms. The molecule has 2 aromatic heterocycles. The van der Waals surface area contributed by atoms with E-state index in [9.17, 15) is 0 Å². The number of aromatic amines is 1. The van der Waals surface area contributed by atoms with Gasteiger partial charge in [0.05, 0.1) is 25.2 Å². The van der Waals surface area contributed by atoms with Gasteiger partial charge in [0.1, 0.15) is 5.69 Å². The molecular formula is C11H13N5O. The molecule has 2 aromatic rings. The third-order valence-corrected chi connectivity index (χ3v) is 2.40. The van der Waals surface area contributed by atoms with Crippen LogP contribution in [0.4, 0.5) is 0 Å². The zero-order valence-electron chi connectivity index (χ0n) is 9.47. The van der Waals surface area contributed by atoms with Gasteiger partial charge in [-0.05, 0) is 12.0 Å². The summed E-state index contributed by atoms with van der Waals surface area (Å²) >= 11 is 0. The second-order valence-electron chi connectivity index (χ2n) is 3.49. The van der Waals surface area contributed by atoms with Crippen LogP contribution < -0.4 is 0 Å². The van der Waals surface area contributed by atoms with Gasteiger partial charge in [0.25, 0.3) is 0 Å². The van der Waals surface area contributed by atoms with Crippen LogP contribution in [0.2, 0.25) is 0 Å². The summed E-state index contributed by atoms with van der Waals surface area (Å²) in [6.07, 6.45) is 7.92. The van der Waals surface area contributed by atoms with E-state index in [-0.39, 0.29) is 5.90 Å². The summed E-state index contributed by atoms with van der Waals surface area (Å²) < 4.78 is 4.82. The van der Waals surface area contributed by atoms with Gasteiger partial charge < -0.3 is 4.74 Å². The molecule has 0 aliphatic carbocycles. The van der Waals surface area contributed by atoms with Crippen LogP contribution in [-0.4, -0.2) is 33.2 Å². The minimum Gasteiger partial charge on any atom is -0.484 e. The van der Waals surface area contributed by atoms with Gasteiger partial charge in [-0.3, -0.25) is 20.5 Å². The summed E-state index contributed by atoms with van der Waals surface area (Å²) in [6, 6.07) is 0. The van der Waals surface area contributed by atoms with Crippen molar-refractivity contribution < 1.29 is 4.74 Å². The van der Waals surface area contributed by atoms with E-state index >= 15 is 0 Å². The molecular weight excluding hydrogens is 218 g/mol. The molecule has 0 aliphatic heterocycles. The van der Waals surface area contributed by atoms with Crippen LogP contribution in [0.25, 0.3) is 11.4 Å². The Kier molecular flexibility index (Phi) is 3.44. The second kappa shape index (κ2) is 5.20. The summed E-state index contributed by atoms with van der Waals surface area (Å²) in [4.78, 5) is 8.23. The molecule has 0 bridgehead atoms. The number of hydrogen-bond donors (Lipinski definition) is 2. The third kappa shape index (κ3) is 2.66. The van der Waals surface area contributed by atoms with Crippen molar-refractivity contribution in [1.82, 2.24) is 20.2 Å². The molecule has 0 saturated heterocycles. The molecule has 0 radical (unpaired) electrons. The molecule has 0 aromatic carbocycles. The highest BCUT2D eigenvalue weighted by Crippen LogP contribution is 2.18. The topological polar surface area (TPSA) is 87.5 Å². The number of nitrogens with zero attached hydrogens (tertiary/aromatic N) is 3. The minimum absolute atomic E-state index is 0.260. The van der Waals surface area contributed by atoms with Crippen molar-refractivity contribution in [1.29, 1.82) is 5.41 Å². The van der Waals surface area contributed by atoms with Crippen molar-refractivity contribution in [2.75, 3.05) is 7.11 Å². The van der Waals surface area contributed by atoms with Gasteiger partial charge in [-0.25, -0.2) is 0 Å². The highest BCUT2D eigenvalue weighted by Gasteiger charge is 2.09. The number of methoxy groups -OCH3 is 1. The van der Waals surface area contributed by atoms with E-state index in [4.69, 9.17) is 10.1 Å². The van der Waals surface area contributed by atoms with E-state index < -0.39 is 0 Å². The molecule has 2 rings (SSSR count). The van der Waals surface area contributed by atoms with Gasteiger partial charge in [-0.15, -0.1) is 0 Å². The Hall–Kier alpha value is -2.24. The summed E-state index contributed by atoms with van der Waals surface area (Å²) in [5.74, 6) is 0.260. The number of aryl methyl sites for hydroxylation is 1. The number of hydrogen-bond acceptors (Lipinski definition) is 5. The molecule has 2 heterocycles. The van der Waals surface area contributed by atoms with Gasteiger partial charge in [-0.2, -0.15) is 5.10 Å². The predicted molar refractivity (Wildman–Crippen MR) is 62.7 cm³/mol. The fourth-order valence-corrected chi connectivity index (χ4v) is 1.50. The van der Waals surface area contributed by atoms with E-state index in [1.807, 2.05) is 0 Å². The van der Waals surface area contributed by atoms with E-state index in [0.717, 1.165) is 17.0 Å². The van der Waals surface area contributed by atoms with Crippen molar-refractivity contribution in [3.8, 4) is 11.4 Å². The van der Waals surface area contributed by atoms with E-state index in [0.29, 0.717) is 12.8 Å². The molecule has 17 heavy (non-hydrogen) atoms. The van der Waals surface area contributed by atoms with Gasteiger partial charge in [0, 0.05) is 18.8 Å². The summed E-state index contributed by atoms with van der Waals surface area (Å²) in [6.45, 7) is 0. The lowest BCUT2D eigenvalue weighted by molar-refractivity contribution is 0.386. The zero-order chi connectivity index (χ0) is 12.1. The average molecular weight is 231 g/mol. The summed E-state index contributed by atoms with van der Waals surface area (Å²) in [5, 5.41) is 14.3. The van der Waals surface area contributed by atoms with Crippen LogP contribution in [-0.2, 0) is 11.2 Å². The highest BCUT2D eigenvalue weighted by molar-refractivity contribution is 5.73. The van der Waals surface area contributed by atoms with E-state index in [2.05, 4.69) is 20.2 Å². The molecule has 6 nitrogen and oxygen atoms in total. The molecule has 0 atom stereocenters. The van der Waals surface area contributed by atoms with Crippen molar-refractivity contribution >= 4 is 5.90 Å². The number of ether oxygens (including phenoxy) is 1. The van der Waals surface area contributed by atoms with Crippen molar-refractivity contribution in [3.05, 3.63) is 30.4 Å². The van der Waals surface area contributed by atoms with Crippen molar-refractivity contribution in [2.24, 2.45) is 0 Å². The van der Waals surface area contributed by atoms with E-state index in [1.165, 1.54) is 7.11 Å². The number of aromatic nitrogens is 4. The maximum Gasteiger partial charge on any atom is 0.180 e. The maximum absolute atomic E-state index is 7.43. The van der Waals surface area contributed by atoms with E-state index in [1.54, 1.807) is 24.8 Å². The Morgan fingerprint density at radius 2 is 2.29 bits per heavy atom. The lowest BCUT2D eigenvalue weighted by Crippen LogP contribution is -2.01. The molecule has 2 N–H and O–H groups in total. The molecule has 0 amide bonds. The fourth-order valence-electron chi connectivity index (χ4n) is 1.50. The van der Waals surface area contributed by atoms with Crippen LogP contribution in [0.5, 0.6) is 0 Å². The minimum atomic E-state index is 0.260. The molecule has 88 valence electrons. The number of rotatable bonds is 4. The summed E-state index contributed by atoms with van der Waals surface area (Å²) in [7, 11) is 1.50. The lowest BCUT2D eigenvalue weighted by Gasteiger charge is -2.03. The first-order valence-corrected chi connectivity index (χ1v) is 5.21. The second-order valence-corrected chi connectivity index (χ2v) is 3.49. The van der Waals surface area contributed by atoms with Gasteiger partial charge in [-0.1, -0.05) is 0 Å². The normalized spacial score (nSPS) is 10.2. The fraction of sp³-hybridized carbons (Fsp3) is 0.273. The predicted octanol–water partition coefficient (Wildman–Crippen LogP) is 1.42. The van der Waals surface area contributed by atoms with Crippen LogP contribution in [0.3, 0.4) is 0 Å². The highest BCUT2D eigenvalue weighted by atomic mass is 16.5. The first-order chi connectivity index (χ1) is 8.31. The molecule has 0 fully saturated rings. The Morgan fingerprint density at radius 3 is 3.00 bits per heavy atom. The van der Waals surface area contributed by atoms with Crippen LogP contribution in [0.15, 0.2) is 24.8 Å². The number of nitrogens with one attached hydrogen (secondary N) is 2. The number of H-pyrrole nitrogens is 1. The first-order valence-electron chi connectivity index (χ1n) is 5.21. The Morgan fingerprint density at radius 1 is 1.41 bits per heavy atom. The standard InChI is InChI=1S/C11H13N5O/c1-17-10(12)3-2-8-6-15-16-11(8)9-7-13-4-5-14-9/h4-7,12H,2-3H2,1H3,(H,15,16). The first kappa shape index (κ1) is 11.3. The van der Waals surface area contributed by atoms with Crippen molar-refractivity contribution in [2.45, 2.75) is 12.8 Å². The van der Waals surface area contributed by atoms with Crippen molar-refractivity contribution in [3.63, 3.8) is 0 Å². The monoisotopic (exact) mass is 231 g/mol. The van der Waals surface area contributed by atoms with Gasteiger partial charge in [0.2, 0.25) is 0 Å². The maximum atomic E-state index is 7.43. The lowest BCUT2D eigenvalue weighted by atomic mass is 10.1. The van der Waals surface area contributed by atoms with Gasteiger partial charge >= 0.3 is 0 Å². The SMILES string of the molecule is COC(=N)CCc1cn[nH]c1-c1cnccn1. The molecule has 6 heteroatoms. The Balaban J connectivity index is 2.15. The Bertz CT molecular complexity index is 494. The third-order valence-electron chi connectivity index (χ3n) is 2.40. The van der Waals surface area contributed by atoms with Crippen LogP contribution >= 0.6 is 0 Å². The quantitative estimate of drug-likeness (QED) is 0.615. The van der Waals surface area contributed by atoms with Crippen LogP contribution in [0, 0.1) is 5.41 Å². The van der Waals surface area contributed by atoms with Gasteiger partial charge in [0.15, 0.2) is 5.90 Å². The zero-order valence-corrected chi connectivity index (χ0v) is 9.47. The molecule has 0 saturated carbocycles. The molecule has 0 unspecified atom stereocenters. The smallest absolute Gasteiger partial charge is 0.180 e. The Labute approximate surface area is 98.6 Å².